The summed E-state index contributed by atoms with van der Waals surface area (Å²) in [6.45, 7) is 0. The van der Waals surface area contributed by atoms with Crippen molar-refractivity contribution in [3.8, 4) is 0 Å². The maximum absolute atomic E-state index is 13.0. The third kappa shape index (κ3) is 4.05. The molecular formula is C27H27ClN6O2. The highest BCUT2D eigenvalue weighted by Gasteiger charge is 2.46. The lowest BCUT2D eigenvalue weighted by Gasteiger charge is -2.37. The lowest BCUT2D eigenvalue weighted by molar-refractivity contribution is -0.136. The average molecular weight is 503 g/mol. The van der Waals surface area contributed by atoms with Crippen LogP contribution in [0.1, 0.15) is 53.2 Å². The van der Waals surface area contributed by atoms with Gasteiger partial charge < -0.3 is 15.5 Å². The van der Waals surface area contributed by atoms with Gasteiger partial charge in [-0.2, -0.15) is 4.98 Å². The first kappa shape index (κ1) is 22.8. The third-order valence-electron chi connectivity index (χ3n) is 7.33. The van der Waals surface area contributed by atoms with Crippen molar-refractivity contribution in [3.05, 3.63) is 71.4 Å². The summed E-state index contributed by atoms with van der Waals surface area (Å²) in [6.07, 6.45) is 6.68. The zero-order chi connectivity index (χ0) is 24.8. The van der Waals surface area contributed by atoms with Crippen molar-refractivity contribution in [3.63, 3.8) is 0 Å². The van der Waals surface area contributed by atoms with Crippen molar-refractivity contribution < 1.29 is 9.59 Å². The topological polar surface area (TPSA) is 90.5 Å². The lowest BCUT2D eigenvalue weighted by Crippen LogP contribution is -2.42. The second kappa shape index (κ2) is 9.09. The van der Waals surface area contributed by atoms with Crippen molar-refractivity contribution >= 4 is 46.7 Å². The van der Waals surface area contributed by atoms with Crippen LogP contribution >= 0.6 is 11.8 Å². The van der Waals surface area contributed by atoms with Crippen molar-refractivity contribution in [1.29, 1.82) is 0 Å². The fraction of sp³-hybridized carbons (Fsp3) is 0.333. The molecule has 0 spiro atoms. The number of rotatable bonds is 6. The molecule has 184 valence electrons. The van der Waals surface area contributed by atoms with Crippen LogP contribution in [0.3, 0.4) is 0 Å². The number of anilines is 4. The van der Waals surface area contributed by atoms with E-state index in [9.17, 15) is 9.59 Å². The molecule has 3 heterocycles. The van der Waals surface area contributed by atoms with Crippen LogP contribution in [0.5, 0.6) is 0 Å². The fourth-order valence-corrected chi connectivity index (χ4v) is 5.67. The maximum atomic E-state index is 13.0. The lowest BCUT2D eigenvalue weighted by atomic mass is 9.92. The third-order valence-corrected chi connectivity index (χ3v) is 7.68. The van der Waals surface area contributed by atoms with Crippen LogP contribution in [-0.2, 0) is 11.2 Å². The minimum Gasteiger partial charge on any atom is -0.355 e. The molecule has 0 radical (unpaired) electrons. The normalized spacial score (nSPS) is 20.0. The summed E-state index contributed by atoms with van der Waals surface area (Å²) in [5.41, 5.74) is 4.37. The molecule has 2 aliphatic heterocycles. The predicted octanol–water partition coefficient (Wildman–Crippen LogP) is 4.87. The minimum absolute atomic E-state index is 0.153. The molecule has 1 unspecified atom stereocenters. The zero-order valence-electron chi connectivity index (χ0n) is 19.9. The molecule has 2 aromatic carbocycles. The van der Waals surface area contributed by atoms with Gasteiger partial charge in [0.05, 0.1) is 17.3 Å². The van der Waals surface area contributed by atoms with Crippen LogP contribution in [0, 0.1) is 5.92 Å². The molecule has 2 atom stereocenters. The Morgan fingerprint density at radius 2 is 1.92 bits per heavy atom. The zero-order valence-corrected chi connectivity index (χ0v) is 20.7. The summed E-state index contributed by atoms with van der Waals surface area (Å²) in [5.74, 6) is 1.16. The van der Waals surface area contributed by atoms with Gasteiger partial charge in [-0.15, -0.1) is 0 Å². The van der Waals surface area contributed by atoms with Gasteiger partial charge in [0.25, 0.3) is 5.91 Å². The van der Waals surface area contributed by atoms with Gasteiger partial charge in [-0.1, -0.05) is 18.2 Å². The van der Waals surface area contributed by atoms with E-state index in [0.29, 0.717) is 35.0 Å². The van der Waals surface area contributed by atoms with Gasteiger partial charge in [0, 0.05) is 48.7 Å². The van der Waals surface area contributed by atoms with Crippen LogP contribution in [0.15, 0.2) is 54.7 Å². The monoisotopic (exact) mass is 502 g/mol. The number of fused-ring (bicyclic) bond motifs is 4. The summed E-state index contributed by atoms with van der Waals surface area (Å²) in [5, 5.41) is 5.93. The summed E-state index contributed by atoms with van der Waals surface area (Å²) in [6, 6.07) is 15.6. The van der Waals surface area contributed by atoms with Gasteiger partial charge in [0.15, 0.2) is 5.82 Å². The van der Waals surface area contributed by atoms with Gasteiger partial charge in [-0.05, 0) is 67.5 Å². The van der Waals surface area contributed by atoms with Gasteiger partial charge in [0.2, 0.25) is 11.9 Å². The van der Waals surface area contributed by atoms with Crippen molar-refractivity contribution in [1.82, 2.24) is 20.2 Å². The Bertz CT molecular complexity index is 1340. The number of nitrogens with one attached hydrogen (secondary N) is 2. The van der Waals surface area contributed by atoms with Gasteiger partial charge >= 0.3 is 0 Å². The highest BCUT2D eigenvalue weighted by atomic mass is 35.5. The number of benzene rings is 2. The fourth-order valence-electron chi connectivity index (χ4n) is 5.43. The Hall–Kier alpha value is -3.65. The standard InChI is InChI=1S/C27H27ClN6O2/c1-29-25(35)20-4-2-3-5-23(20)34(28)24-12-13-30-27(32-24)31-18-9-8-17-14-19-10-11-22(21(17)15-18)33(19)26(36)16-6-7-16/h2-5,8-9,12-13,15-16,19,22H,6-7,10-11,14H2,1H3,(H,29,35)(H,30,31,32)/t19?,22-/m0/s1. The number of hydrogen-bond donors (Lipinski definition) is 2. The molecule has 8 nitrogen and oxygen atoms in total. The minimum atomic E-state index is -0.235. The van der Waals surface area contributed by atoms with E-state index in [0.717, 1.165) is 37.8 Å². The van der Waals surface area contributed by atoms with E-state index >= 15 is 0 Å². The summed E-state index contributed by atoms with van der Waals surface area (Å²) < 4.78 is 1.35. The molecule has 6 rings (SSSR count). The highest BCUT2D eigenvalue weighted by Crippen LogP contribution is 2.47. The van der Waals surface area contributed by atoms with Crippen LogP contribution in [0.4, 0.5) is 23.1 Å². The molecule has 3 aromatic rings. The first-order valence-corrected chi connectivity index (χ1v) is 12.7. The Balaban J connectivity index is 1.25. The van der Waals surface area contributed by atoms with Crippen molar-refractivity contribution in [2.45, 2.75) is 44.2 Å². The van der Waals surface area contributed by atoms with E-state index in [1.54, 1.807) is 37.5 Å². The largest absolute Gasteiger partial charge is 0.355 e. The van der Waals surface area contributed by atoms with Crippen LogP contribution in [-0.4, -0.2) is 39.8 Å². The van der Waals surface area contributed by atoms with E-state index in [1.807, 2.05) is 12.1 Å². The molecule has 1 saturated heterocycles. The molecule has 2 bridgehead atoms. The number of carbonyl (C=O) groups excluding carboxylic acids is 2. The van der Waals surface area contributed by atoms with Crippen molar-refractivity contribution in [2.75, 3.05) is 16.8 Å². The SMILES string of the molecule is CNC(=O)c1ccccc1N(Cl)c1ccnc(Nc2ccc3c(c2)[C@@H]2CCC(C3)N2C(=O)C2CC2)n1. The second-order valence-electron chi connectivity index (χ2n) is 9.63. The highest BCUT2D eigenvalue weighted by molar-refractivity contribution is 6.30. The average Bonchev–Trinajstić information content (AvgIpc) is 3.71. The summed E-state index contributed by atoms with van der Waals surface area (Å²) in [4.78, 5) is 36.4. The predicted molar refractivity (Wildman–Crippen MR) is 139 cm³/mol. The molecule has 2 fully saturated rings. The number of para-hydroxylation sites is 1. The number of amides is 2. The molecule has 36 heavy (non-hydrogen) atoms. The molecular weight excluding hydrogens is 476 g/mol. The molecule has 2 N–H and O–H groups in total. The first-order chi connectivity index (χ1) is 17.5. The number of hydrogen-bond acceptors (Lipinski definition) is 6. The molecule has 3 aliphatic rings. The van der Waals surface area contributed by atoms with Crippen LogP contribution in [0.2, 0.25) is 0 Å². The van der Waals surface area contributed by atoms with E-state index < -0.39 is 0 Å². The maximum Gasteiger partial charge on any atom is 0.253 e. The van der Waals surface area contributed by atoms with Crippen LogP contribution < -0.4 is 15.1 Å². The second-order valence-corrected chi connectivity index (χ2v) is 9.96. The molecule has 1 aliphatic carbocycles. The molecule has 1 saturated carbocycles. The molecule has 1 aromatic heterocycles. The van der Waals surface area contributed by atoms with Crippen LogP contribution in [0.25, 0.3) is 0 Å². The Morgan fingerprint density at radius 1 is 1.08 bits per heavy atom. The number of nitrogens with zero attached hydrogens (tertiary/aromatic N) is 4. The van der Waals surface area contributed by atoms with Gasteiger partial charge in [-0.3, -0.25) is 9.59 Å². The Kier molecular flexibility index (Phi) is 5.76. The number of halogens is 1. The molecule has 9 heteroatoms. The number of aromatic nitrogens is 2. The van der Waals surface area contributed by atoms with E-state index in [4.69, 9.17) is 11.8 Å². The van der Waals surface area contributed by atoms with Gasteiger partial charge in [-0.25, -0.2) is 9.40 Å². The first-order valence-electron chi connectivity index (χ1n) is 12.4. The van der Waals surface area contributed by atoms with E-state index in [-0.39, 0.29) is 17.9 Å². The van der Waals surface area contributed by atoms with E-state index in [2.05, 4.69) is 37.6 Å². The Morgan fingerprint density at radius 3 is 2.72 bits per heavy atom. The quantitative estimate of drug-likeness (QED) is 0.467. The summed E-state index contributed by atoms with van der Waals surface area (Å²) in [7, 11) is 1.58. The van der Waals surface area contributed by atoms with E-state index in [1.165, 1.54) is 15.5 Å². The number of carbonyl (C=O) groups is 2. The smallest absolute Gasteiger partial charge is 0.253 e. The summed E-state index contributed by atoms with van der Waals surface area (Å²) >= 11 is 6.62. The molecule has 2 amide bonds. The Labute approximate surface area is 214 Å². The van der Waals surface area contributed by atoms with Gasteiger partial charge in [0.1, 0.15) is 0 Å². The van der Waals surface area contributed by atoms with Crippen molar-refractivity contribution in [2.24, 2.45) is 5.92 Å².